The predicted octanol–water partition coefficient (Wildman–Crippen LogP) is 3.45. The number of nitrogens with zero attached hydrogens (tertiary/aromatic N) is 1. The molecular formula is C13H15NO. The van der Waals surface area contributed by atoms with E-state index in [1.807, 2.05) is 19.1 Å². The summed E-state index contributed by atoms with van der Waals surface area (Å²) in [7, 11) is 0. The van der Waals surface area contributed by atoms with E-state index in [1.54, 1.807) is 6.08 Å². The second-order valence-electron chi connectivity index (χ2n) is 3.78. The minimum Gasteiger partial charge on any atom is -0.211 e. The highest BCUT2D eigenvalue weighted by molar-refractivity contribution is 5.48. The van der Waals surface area contributed by atoms with Crippen molar-refractivity contribution in [2.75, 3.05) is 0 Å². The standard InChI is InChI=1S/C13H15NO/c1-10(2)8-11(3)12-6-4-5-7-13(12)14-9-15/h4-5,7H,1,6,8H2,2-3H3. The molecule has 0 saturated heterocycles. The van der Waals surface area contributed by atoms with Crippen LogP contribution in [0, 0.1) is 0 Å². The molecule has 0 radical (unpaired) electrons. The maximum atomic E-state index is 10.3. The summed E-state index contributed by atoms with van der Waals surface area (Å²) in [5, 5.41) is 0. The van der Waals surface area contributed by atoms with Crippen LogP contribution >= 0.6 is 0 Å². The Hall–Kier alpha value is -1.66. The highest BCUT2D eigenvalue weighted by Crippen LogP contribution is 2.26. The third kappa shape index (κ3) is 3.19. The fourth-order valence-electron chi connectivity index (χ4n) is 1.66. The largest absolute Gasteiger partial charge is 0.240 e. The molecule has 0 unspecified atom stereocenters. The highest BCUT2D eigenvalue weighted by atomic mass is 16.1. The average molecular weight is 201 g/mol. The second-order valence-corrected chi connectivity index (χ2v) is 3.78. The second kappa shape index (κ2) is 5.28. The normalized spacial score (nSPS) is 17.9. The van der Waals surface area contributed by atoms with Gasteiger partial charge in [-0.05, 0) is 38.3 Å². The number of hydrogen-bond acceptors (Lipinski definition) is 2. The van der Waals surface area contributed by atoms with Gasteiger partial charge in [-0.1, -0.05) is 29.9 Å². The van der Waals surface area contributed by atoms with Gasteiger partial charge in [0.15, 0.2) is 0 Å². The highest BCUT2D eigenvalue weighted by Gasteiger charge is 2.09. The lowest BCUT2D eigenvalue weighted by Gasteiger charge is -2.12. The average Bonchev–Trinajstić information content (AvgIpc) is 2.18. The molecule has 0 N–H and O–H groups in total. The van der Waals surface area contributed by atoms with Gasteiger partial charge >= 0.3 is 0 Å². The number of carbonyl (C=O) groups excluding carboxylic acids is 1. The van der Waals surface area contributed by atoms with Gasteiger partial charge in [0.25, 0.3) is 0 Å². The molecule has 2 nitrogen and oxygen atoms in total. The molecule has 2 heteroatoms. The predicted molar refractivity (Wildman–Crippen MR) is 62.1 cm³/mol. The summed E-state index contributed by atoms with van der Waals surface area (Å²) in [6.07, 6.45) is 9.08. The van der Waals surface area contributed by atoms with Crippen molar-refractivity contribution in [2.45, 2.75) is 26.7 Å². The quantitative estimate of drug-likeness (QED) is 0.390. The van der Waals surface area contributed by atoms with Crippen molar-refractivity contribution in [1.82, 2.24) is 0 Å². The molecule has 0 bridgehead atoms. The van der Waals surface area contributed by atoms with Crippen molar-refractivity contribution < 1.29 is 4.79 Å². The molecule has 0 fully saturated rings. The van der Waals surface area contributed by atoms with E-state index in [1.165, 1.54) is 5.57 Å². The third-order valence-corrected chi connectivity index (χ3v) is 2.27. The molecule has 0 aromatic rings. The van der Waals surface area contributed by atoms with Gasteiger partial charge in [-0.2, -0.15) is 4.99 Å². The molecular weight excluding hydrogens is 186 g/mol. The van der Waals surface area contributed by atoms with Gasteiger partial charge in [-0.25, -0.2) is 4.79 Å². The minimum absolute atomic E-state index is 0.728. The van der Waals surface area contributed by atoms with Gasteiger partial charge in [0.1, 0.15) is 0 Å². The van der Waals surface area contributed by atoms with Gasteiger partial charge in [0, 0.05) is 0 Å². The Bertz CT molecular complexity index is 404. The lowest BCUT2D eigenvalue weighted by Crippen LogP contribution is -1.95. The Morgan fingerprint density at radius 2 is 2.33 bits per heavy atom. The Labute approximate surface area is 90.4 Å². The number of rotatable bonds is 3. The Morgan fingerprint density at radius 1 is 1.60 bits per heavy atom. The van der Waals surface area contributed by atoms with Crippen LogP contribution in [0.3, 0.4) is 0 Å². The summed E-state index contributed by atoms with van der Waals surface area (Å²) in [6, 6.07) is 0. The van der Waals surface area contributed by atoms with Crippen molar-refractivity contribution in [3.63, 3.8) is 0 Å². The Morgan fingerprint density at radius 3 is 2.93 bits per heavy atom. The van der Waals surface area contributed by atoms with Crippen LogP contribution in [0.25, 0.3) is 0 Å². The van der Waals surface area contributed by atoms with Crippen molar-refractivity contribution in [3.05, 3.63) is 47.2 Å². The molecule has 0 spiro atoms. The summed E-state index contributed by atoms with van der Waals surface area (Å²) < 4.78 is 0. The van der Waals surface area contributed by atoms with Crippen LogP contribution in [0.5, 0.6) is 0 Å². The topological polar surface area (TPSA) is 29.4 Å². The summed E-state index contributed by atoms with van der Waals surface area (Å²) >= 11 is 0. The van der Waals surface area contributed by atoms with E-state index in [0.29, 0.717) is 0 Å². The first-order valence-corrected chi connectivity index (χ1v) is 4.93. The molecule has 15 heavy (non-hydrogen) atoms. The smallest absolute Gasteiger partial charge is 0.211 e. The number of aliphatic imine (C=N–C) groups is 1. The molecule has 0 aromatic heterocycles. The molecule has 1 aliphatic carbocycles. The Kier molecular flexibility index (Phi) is 4.02. The first kappa shape index (κ1) is 11.4. The van der Waals surface area contributed by atoms with Crippen molar-refractivity contribution in [2.24, 2.45) is 4.99 Å². The van der Waals surface area contributed by atoms with Crippen LogP contribution in [0.1, 0.15) is 26.7 Å². The lowest BCUT2D eigenvalue weighted by molar-refractivity contribution is 0.564. The first-order chi connectivity index (χ1) is 7.15. The van der Waals surface area contributed by atoms with E-state index >= 15 is 0 Å². The molecule has 0 amide bonds. The van der Waals surface area contributed by atoms with Crippen molar-refractivity contribution >= 4 is 6.08 Å². The first-order valence-electron chi connectivity index (χ1n) is 4.93. The molecule has 1 aliphatic rings. The minimum atomic E-state index is 0.728. The molecule has 1 rings (SSSR count). The van der Waals surface area contributed by atoms with Crippen LogP contribution in [-0.4, -0.2) is 6.08 Å². The third-order valence-electron chi connectivity index (χ3n) is 2.27. The monoisotopic (exact) mass is 201 g/mol. The van der Waals surface area contributed by atoms with Crippen LogP contribution < -0.4 is 0 Å². The zero-order valence-electron chi connectivity index (χ0n) is 9.21. The van der Waals surface area contributed by atoms with Crippen molar-refractivity contribution in [1.29, 1.82) is 0 Å². The fourth-order valence-corrected chi connectivity index (χ4v) is 1.66. The van der Waals surface area contributed by atoms with Crippen molar-refractivity contribution in [3.8, 4) is 0 Å². The van der Waals surface area contributed by atoms with Gasteiger partial charge in [0.05, 0.1) is 5.70 Å². The van der Waals surface area contributed by atoms with Gasteiger partial charge < -0.3 is 0 Å². The van der Waals surface area contributed by atoms with E-state index in [4.69, 9.17) is 0 Å². The van der Waals surface area contributed by atoms with Gasteiger partial charge in [-0.3, -0.25) is 0 Å². The van der Waals surface area contributed by atoms with Gasteiger partial charge in [0.2, 0.25) is 6.08 Å². The van der Waals surface area contributed by atoms with Crippen LogP contribution in [0.15, 0.2) is 52.2 Å². The summed E-state index contributed by atoms with van der Waals surface area (Å²) in [5.74, 6) is 0. The maximum absolute atomic E-state index is 10.3. The molecule has 78 valence electrons. The number of allylic oxidation sites excluding steroid dienone is 6. The SMILES string of the molecule is C=C(C)CC(C)=C1CC=CC=C1N=C=O. The van der Waals surface area contributed by atoms with E-state index in [9.17, 15) is 4.79 Å². The lowest BCUT2D eigenvalue weighted by atomic mass is 9.95. The van der Waals surface area contributed by atoms with E-state index < -0.39 is 0 Å². The van der Waals surface area contributed by atoms with E-state index in [-0.39, 0.29) is 0 Å². The number of isocyanates is 1. The molecule has 0 aliphatic heterocycles. The van der Waals surface area contributed by atoms with Crippen LogP contribution in [-0.2, 0) is 4.79 Å². The molecule has 0 aromatic carbocycles. The van der Waals surface area contributed by atoms with Crippen LogP contribution in [0.2, 0.25) is 0 Å². The van der Waals surface area contributed by atoms with Crippen LogP contribution in [0.4, 0.5) is 0 Å². The van der Waals surface area contributed by atoms with E-state index in [0.717, 1.165) is 29.7 Å². The molecule has 0 heterocycles. The van der Waals surface area contributed by atoms with Gasteiger partial charge in [-0.15, -0.1) is 0 Å². The molecule has 0 saturated carbocycles. The zero-order valence-corrected chi connectivity index (χ0v) is 9.21. The maximum Gasteiger partial charge on any atom is 0.240 e. The molecule has 0 atom stereocenters. The fraction of sp³-hybridized carbons (Fsp3) is 0.308. The summed E-state index contributed by atoms with van der Waals surface area (Å²) in [6.45, 7) is 7.93. The van der Waals surface area contributed by atoms with E-state index in [2.05, 4.69) is 24.6 Å². The zero-order chi connectivity index (χ0) is 11.3. The Balaban J connectivity index is 3.03. The number of hydrogen-bond donors (Lipinski definition) is 0. The summed E-state index contributed by atoms with van der Waals surface area (Å²) in [5.41, 5.74) is 4.18. The summed E-state index contributed by atoms with van der Waals surface area (Å²) in [4.78, 5) is 14.0.